The Morgan fingerprint density at radius 3 is 2.58 bits per heavy atom. The van der Waals surface area contributed by atoms with Crippen LogP contribution in [0.4, 0.5) is 5.69 Å². The van der Waals surface area contributed by atoms with Crippen LogP contribution >= 0.6 is 0 Å². The Balaban J connectivity index is 3.14. The molecule has 0 fully saturated rings. The summed E-state index contributed by atoms with van der Waals surface area (Å²) in [5.74, 6) is 0.601. The van der Waals surface area contributed by atoms with Gasteiger partial charge in [-0.2, -0.15) is 0 Å². The molecular weight excluding hydrogens is 148 g/mol. The van der Waals surface area contributed by atoms with E-state index in [1.807, 2.05) is 19.9 Å². The number of hydrogen-bond donors (Lipinski definition) is 1. The van der Waals surface area contributed by atoms with E-state index in [4.69, 9.17) is 5.73 Å². The van der Waals surface area contributed by atoms with Crippen LogP contribution in [0.5, 0.6) is 0 Å². The lowest BCUT2D eigenvalue weighted by atomic mass is 10.1. The van der Waals surface area contributed by atoms with Crippen molar-refractivity contribution in [3.63, 3.8) is 0 Å². The molecule has 64 valence electrons. The summed E-state index contributed by atoms with van der Waals surface area (Å²) in [4.78, 5) is 4.21. The number of amidine groups is 1. The molecule has 0 saturated heterocycles. The molecule has 0 spiro atoms. The number of aryl methyl sites for hydroxylation is 2. The zero-order chi connectivity index (χ0) is 9.14. The molecule has 0 amide bonds. The van der Waals surface area contributed by atoms with Gasteiger partial charge in [0, 0.05) is 0 Å². The van der Waals surface area contributed by atoms with Crippen LogP contribution in [0.3, 0.4) is 0 Å². The lowest BCUT2D eigenvalue weighted by Gasteiger charge is -2.01. The second kappa shape index (κ2) is 3.39. The van der Waals surface area contributed by atoms with Crippen molar-refractivity contribution in [1.29, 1.82) is 0 Å². The lowest BCUT2D eigenvalue weighted by Crippen LogP contribution is -2.04. The summed E-state index contributed by atoms with van der Waals surface area (Å²) < 4.78 is 0. The van der Waals surface area contributed by atoms with Crippen molar-refractivity contribution in [2.45, 2.75) is 20.8 Å². The highest BCUT2D eigenvalue weighted by Gasteiger charge is 1.95. The molecule has 2 heteroatoms. The van der Waals surface area contributed by atoms with Crippen LogP contribution in [-0.2, 0) is 0 Å². The molecule has 0 aliphatic carbocycles. The minimum absolute atomic E-state index is 0.601. The zero-order valence-corrected chi connectivity index (χ0v) is 7.76. The van der Waals surface area contributed by atoms with Gasteiger partial charge in [-0.05, 0) is 38.0 Å². The predicted molar refractivity (Wildman–Crippen MR) is 52.9 cm³/mol. The average Bonchev–Trinajstić information content (AvgIpc) is 1.96. The van der Waals surface area contributed by atoms with Gasteiger partial charge < -0.3 is 5.73 Å². The third-order valence-electron chi connectivity index (χ3n) is 1.66. The second-order valence-electron chi connectivity index (χ2n) is 3.04. The quantitative estimate of drug-likeness (QED) is 0.499. The van der Waals surface area contributed by atoms with E-state index in [1.165, 1.54) is 5.56 Å². The van der Waals surface area contributed by atoms with Crippen LogP contribution in [-0.4, -0.2) is 5.84 Å². The minimum atomic E-state index is 0.601. The highest BCUT2D eigenvalue weighted by atomic mass is 14.8. The zero-order valence-electron chi connectivity index (χ0n) is 7.76. The van der Waals surface area contributed by atoms with Crippen LogP contribution < -0.4 is 5.73 Å². The average molecular weight is 162 g/mol. The van der Waals surface area contributed by atoms with Crippen LogP contribution in [0.15, 0.2) is 23.2 Å². The van der Waals surface area contributed by atoms with Gasteiger partial charge in [-0.15, -0.1) is 0 Å². The van der Waals surface area contributed by atoms with Crippen molar-refractivity contribution in [3.8, 4) is 0 Å². The standard InChI is InChI=1S/C10H14N2/c1-7-4-5-8(2)10(6-7)12-9(3)11/h4-6H,1-3H3,(H2,11,12). The Kier molecular flexibility index (Phi) is 2.48. The van der Waals surface area contributed by atoms with E-state index in [-0.39, 0.29) is 0 Å². The molecule has 12 heavy (non-hydrogen) atoms. The van der Waals surface area contributed by atoms with Crippen LogP contribution in [0.1, 0.15) is 18.1 Å². The van der Waals surface area contributed by atoms with Gasteiger partial charge >= 0.3 is 0 Å². The van der Waals surface area contributed by atoms with E-state index in [2.05, 4.69) is 17.1 Å². The number of nitrogens with zero attached hydrogens (tertiary/aromatic N) is 1. The van der Waals surface area contributed by atoms with Gasteiger partial charge in [0.25, 0.3) is 0 Å². The fourth-order valence-corrected chi connectivity index (χ4v) is 1.03. The van der Waals surface area contributed by atoms with Gasteiger partial charge in [-0.3, -0.25) is 0 Å². The maximum absolute atomic E-state index is 5.49. The summed E-state index contributed by atoms with van der Waals surface area (Å²) in [6.45, 7) is 5.87. The van der Waals surface area contributed by atoms with Crippen LogP contribution in [0, 0.1) is 13.8 Å². The Labute approximate surface area is 73.1 Å². The topological polar surface area (TPSA) is 38.4 Å². The first-order chi connectivity index (χ1) is 5.59. The molecule has 0 atom stereocenters. The molecule has 0 aliphatic heterocycles. The molecule has 0 heterocycles. The Morgan fingerprint density at radius 2 is 2.00 bits per heavy atom. The van der Waals surface area contributed by atoms with Gasteiger partial charge in [0.15, 0.2) is 0 Å². The van der Waals surface area contributed by atoms with Gasteiger partial charge in [0.05, 0.1) is 11.5 Å². The minimum Gasteiger partial charge on any atom is -0.387 e. The molecule has 2 N–H and O–H groups in total. The number of hydrogen-bond acceptors (Lipinski definition) is 1. The van der Waals surface area contributed by atoms with Crippen molar-refractivity contribution in [3.05, 3.63) is 29.3 Å². The normalized spacial score (nSPS) is 11.8. The Hall–Kier alpha value is -1.31. The molecular formula is C10H14N2. The highest BCUT2D eigenvalue weighted by Crippen LogP contribution is 2.19. The van der Waals surface area contributed by atoms with Crippen molar-refractivity contribution < 1.29 is 0 Å². The van der Waals surface area contributed by atoms with E-state index in [0.29, 0.717) is 5.84 Å². The van der Waals surface area contributed by atoms with E-state index in [9.17, 15) is 0 Å². The van der Waals surface area contributed by atoms with Gasteiger partial charge in [0.1, 0.15) is 0 Å². The highest BCUT2D eigenvalue weighted by molar-refractivity contribution is 5.81. The summed E-state index contributed by atoms with van der Waals surface area (Å²) in [5.41, 5.74) is 8.83. The molecule has 1 aromatic carbocycles. The second-order valence-corrected chi connectivity index (χ2v) is 3.04. The summed E-state index contributed by atoms with van der Waals surface area (Å²) in [6, 6.07) is 6.16. The molecule has 1 rings (SSSR count). The third kappa shape index (κ3) is 2.09. The molecule has 0 bridgehead atoms. The number of aliphatic imine (C=N–C) groups is 1. The van der Waals surface area contributed by atoms with Crippen molar-refractivity contribution >= 4 is 11.5 Å². The predicted octanol–water partition coefficient (Wildman–Crippen LogP) is 2.31. The Bertz CT molecular complexity index is 310. The largest absolute Gasteiger partial charge is 0.387 e. The number of nitrogens with two attached hydrogens (primary N) is 1. The Morgan fingerprint density at radius 1 is 1.33 bits per heavy atom. The van der Waals surface area contributed by atoms with E-state index in [0.717, 1.165) is 11.3 Å². The van der Waals surface area contributed by atoms with Crippen LogP contribution in [0.2, 0.25) is 0 Å². The monoisotopic (exact) mass is 162 g/mol. The first kappa shape index (κ1) is 8.78. The molecule has 0 saturated carbocycles. The number of rotatable bonds is 1. The molecule has 0 aliphatic rings. The van der Waals surface area contributed by atoms with Crippen molar-refractivity contribution in [2.24, 2.45) is 10.7 Å². The molecule has 0 radical (unpaired) electrons. The summed E-state index contributed by atoms with van der Waals surface area (Å²) in [6.07, 6.45) is 0. The fourth-order valence-electron chi connectivity index (χ4n) is 1.03. The summed E-state index contributed by atoms with van der Waals surface area (Å²) in [7, 11) is 0. The molecule has 2 nitrogen and oxygen atoms in total. The van der Waals surface area contributed by atoms with Gasteiger partial charge in [-0.1, -0.05) is 12.1 Å². The first-order valence-electron chi connectivity index (χ1n) is 3.97. The van der Waals surface area contributed by atoms with Crippen molar-refractivity contribution in [2.75, 3.05) is 0 Å². The molecule has 0 unspecified atom stereocenters. The van der Waals surface area contributed by atoms with Crippen molar-refractivity contribution in [1.82, 2.24) is 0 Å². The van der Waals surface area contributed by atoms with Crippen LogP contribution in [0.25, 0.3) is 0 Å². The maximum Gasteiger partial charge on any atom is 0.0965 e. The lowest BCUT2D eigenvalue weighted by molar-refractivity contribution is 1.33. The van der Waals surface area contributed by atoms with Gasteiger partial charge in [-0.25, -0.2) is 4.99 Å². The fraction of sp³-hybridized carbons (Fsp3) is 0.300. The summed E-state index contributed by atoms with van der Waals surface area (Å²) >= 11 is 0. The number of benzene rings is 1. The van der Waals surface area contributed by atoms with E-state index in [1.54, 1.807) is 6.92 Å². The third-order valence-corrected chi connectivity index (χ3v) is 1.66. The summed E-state index contributed by atoms with van der Waals surface area (Å²) in [5, 5.41) is 0. The van der Waals surface area contributed by atoms with Gasteiger partial charge in [0.2, 0.25) is 0 Å². The van der Waals surface area contributed by atoms with E-state index < -0.39 is 0 Å². The maximum atomic E-state index is 5.49. The smallest absolute Gasteiger partial charge is 0.0965 e. The molecule has 0 aromatic heterocycles. The molecule has 1 aromatic rings. The first-order valence-corrected chi connectivity index (χ1v) is 3.97. The van der Waals surface area contributed by atoms with E-state index >= 15 is 0 Å². The SMILES string of the molecule is CC(N)=Nc1cc(C)ccc1C.